The van der Waals surface area contributed by atoms with Gasteiger partial charge in [0.15, 0.2) is 5.82 Å². The van der Waals surface area contributed by atoms with E-state index in [1.807, 2.05) is 13.0 Å². The molecule has 0 aliphatic heterocycles. The molecule has 0 unspecified atom stereocenters. The van der Waals surface area contributed by atoms with Gasteiger partial charge in [-0.05, 0) is 61.0 Å². The fraction of sp³-hybridized carbons (Fsp3) is 0.0833. The van der Waals surface area contributed by atoms with Gasteiger partial charge in [0.05, 0.1) is 5.56 Å². The van der Waals surface area contributed by atoms with E-state index in [-0.39, 0.29) is 0 Å². The van der Waals surface area contributed by atoms with Crippen molar-refractivity contribution in [2.75, 3.05) is 10.6 Å². The lowest BCUT2D eigenvalue weighted by molar-refractivity contribution is -0.137. The first-order valence-electron chi connectivity index (χ1n) is 9.99. The maximum absolute atomic E-state index is 13.7. The van der Waals surface area contributed by atoms with Gasteiger partial charge in [0.25, 0.3) is 5.91 Å². The van der Waals surface area contributed by atoms with Gasteiger partial charge in [-0.1, -0.05) is 6.07 Å². The average Bonchev–Trinajstić information content (AvgIpc) is 2.81. The number of pyridine rings is 1. The number of carbonyl (C=O) groups is 1. The van der Waals surface area contributed by atoms with Gasteiger partial charge in [-0.25, -0.2) is 14.4 Å². The SMILES string of the molecule is Cc1ccc(NC(=O)c2cc(F)cc(C(F)(F)F)c2)cc1Nc1ccnc(-c2cccnc2)n1. The summed E-state index contributed by atoms with van der Waals surface area (Å²) in [6, 6.07) is 11.9. The molecule has 2 aromatic carbocycles. The molecule has 0 bridgehead atoms. The van der Waals surface area contributed by atoms with Crippen molar-refractivity contribution in [2.24, 2.45) is 0 Å². The zero-order valence-electron chi connectivity index (χ0n) is 17.7. The number of rotatable bonds is 5. The summed E-state index contributed by atoms with van der Waals surface area (Å²) in [6.07, 6.45) is 0.0880. The molecule has 172 valence electrons. The average molecular weight is 467 g/mol. The maximum atomic E-state index is 13.7. The van der Waals surface area contributed by atoms with Crippen LogP contribution >= 0.6 is 0 Å². The van der Waals surface area contributed by atoms with E-state index in [2.05, 4.69) is 25.6 Å². The Balaban J connectivity index is 1.56. The lowest BCUT2D eigenvalue weighted by Gasteiger charge is -2.13. The van der Waals surface area contributed by atoms with E-state index in [9.17, 15) is 22.4 Å². The predicted molar refractivity (Wildman–Crippen MR) is 119 cm³/mol. The molecule has 10 heteroatoms. The fourth-order valence-electron chi connectivity index (χ4n) is 3.12. The third-order valence-corrected chi connectivity index (χ3v) is 4.82. The lowest BCUT2D eigenvalue weighted by atomic mass is 10.1. The summed E-state index contributed by atoms with van der Waals surface area (Å²) in [4.78, 5) is 25.3. The molecule has 0 saturated heterocycles. The van der Waals surface area contributed by atoms with E-state index in [4.69, 9.17) is 0 Å². The lowest BCUT2D eigenvalue weighted by Crippen LogP contribution is -2.15. The van der Waals surface area contributed by atoms with Crippen molar-refractivity contribution in [1.82, 2.24) is 15.0 Å². The van der Waals surface area contributed by atoms with Crippen LogP contribution in [0.5, 0.6) is 0 Å². The van der Waals surface area contributed by atoms with Crippen LogP contribution in [0.15, 0.2) is 73.2 Å². The van der Waals surface area contributed by atoms with Crippen molar-refractivity contribution in [3.05, 3.63) is 95.7 Å². The molecule has 34 heavy (non-hydrogen) atoms. The number of hydrogen-bond acceptors (Lipinski definition) is 5. The van der Waals surface area contributed by atoms with Crippen LogP contribution in [0.3, 0.4) is 0 Å². The molecule has 6 nitrogen and oxygen atoms in total. The van der Waals surface area contributed by atoms with Gasteiger partial charge in [-0.2, -0.15) is 13.2 Å². The molecule has 0 saturated carbocycles. The predicted octanol–water partition coefficient (Wildman–Crippen LogP) is 6.00. The molecule has 0 aliphatic rings. The van der Waals surface area contributed by atoms with Crippen molar-refractivity contribution in [3.8, 4) is 11.4 Å². The number of aryl methyl sites for hydroxylation is 1. The van der Waals surface area contributed by atoms with Crippen LogP contribution in [0.25, 0.3) is 11.4 Å². The van der Waals surface area contributed by atoms with Crippen LogP contribution in [0.2, 0.25) is 0 Å². The highest BCUT2D eigenvalue weighted by Crippen LogP contribution is 2.31. The zero-order valence-corrected chi connectivity index (χ0v) is 17.7. The number of halogens is 4. The number of nitrogens with zero attached hydrogens (tertiary/aromatic N) is 3. The number of carbonyl (C=O) groups excluding carboxylic acids is 1. The second-order valence-corrected chi connectivity index (χ2v) is 7.34. The van der Waals surface area contributed by atoms with Crippen molar-refractivity contribution >= 4 is 23.1 Å². The summed E-state index contributed by atoms with van der Waals surface area (Å²) in [7, 11) is 0. The van der Waals surface area contributed by atoms with E-state index in [1.54, 1.807) is 48.9 Å². The molecular formula is C24H17F4N5O. The summed E-state index contributed by atoms with van der Waals surface area (Å²) < 4.78 is 52.5. The van der Waals surface area contributed by atoms with Crippen LogP contribution < -0.4 is 10.6 Å². The largest absolute Gasteiger partial charge is 0.416 e. The van der Waals surface area contributed by atoms with E-state index >= 15 is 0 Å². The smallest absolute Gasteiger partial charge is 0.340 e. The van der Waals surface area contributed by atoms with Gasteiger partial charge in [0.1, 0.15) is 11.6 Å². The second kappa shape index (κ2) is 9.26. The molecule has 0 atom stereocenters. The highest BCUT2D eigenvalue weighted by Gasteiger charge is 2.32. The second-order valence-electron chi connectivity index (χ2n) is 7.34. The Morgan fingerprint density at radius 3 is 2.56 bits per heavy atom. The quantitative estimate of drug-likeness (QED) is 0.352. The molecule has 2 N–H and O–H groups in total. The van der Waals surface area contributed by atoms with Crippen LogP contribution in [0.1, 0.15) is 21.5 Å². The minimum Gasteiger partial charge on any atom is -0.340 e. The molecule has 2 heterocycles. The van der Waals surface area contributed by atoms with Crippen LogP contribution in [0, 0.1) is 12.7 Å². The molecule has 4 rings (SSSR count). The number of hydrogen-bond donors (Lipinski definition) is 2. The summed E-state index contributed by atoms with van der Waals surface area (Å²) >= 11 is 0. The highest BCUT2D eigenvalue weighted by atomic mass is 19.4. The van der Waals surface area contributed by atoms with Gasteiger partial charge in [0.2, 0.25) is 0 Å². The van der Waals surface area contributed by atoms with Crippen molar-refractivity contribution in [2.45, 2.75) is 13.1 Å². The Morgan fingerprint density at radius 1 is 1.00 bits per heavy atom. The fourth-order valence-corrected chi connectivity index (χ4v) is 3.12. The Morgan fingerprint density at radius 2 is 1.82 bits per heavy atom. The van der Waals surface area contributed by atoms with Crippen molar-refractivity contribution in [3.63, 3.8) is 0 Å². The van der Waals surface area contributed by atoms with Crippen molar-refractivity contribution < 1.29 is 22.4 Å². The topological polar surface area (TPSA) is 79.8 Å². The monoisotopic (exact) mass is 467 g/mol. The number of amides is 1. The third-order valence-electron chi connectivity index (χ3n) is 4.82. The first-order valence-corrected chi connectivity index (χ1v) is 9.99. The zero-order chi connectivity index (χ0) is 24.3. The van der Waals surface area contributed by atoms with E-state index < -0.39 is 29.0 Å². The molecule has 4 aromatic rings. The minimum atomic E-state index is -4.77. The van der Waals surface area contributed by atoms with Gasteiger partial charge >= 0.3 is 6.18 Å². The Kier molecular flexibility index (Phi) is 6.22. The van der Waals surface area contributed by atoms with Gasteiger partial charge in [0, 0.05) is 41.1 Å². The third kappa shape index (κ3) is 5.34. The summed E-state index contributed by atoms with van der Waals surface area (Å²) in [5, 5.41) is 5.64. The summed E-state index contributed by atoms with van der Waals surface area (Å²) in [6.45, 7) is 1.83. The standard InChI is InChI=1S/C24H17F4N5O/c1-14-4-5-19(31-23(34)16-9-17(24(26,27)28)11-18(25)10-16)12-20(14)32-21-6-8-30-22(33-21)15-3-2-7-29-13-15/h2-13H,1H3,(H,31,34)(H,30,32,33). The number of benzene rings is 2. The molecule has 0 radical (unpaired) electrons. The van der Waals surface area contributed by atoms with Crippen LogP contribution in [-0.4, -0.2) is 20.9 Å². The normalized spacial score (nSPS) is 11.2. The first kappa shape index (κ1) is 22.8. The number of alkyl halides is 3. The molecule has 0 spiro atoms. The van der Waals surface area contributed by atoms with Gasteiger partial charge < -0.3 is 10.6 Å². The van der Waals surface area contributed by atoms with Gasteiger partial charge in [-0.15, -0.1) is 0 Å². The Labute approximate surface area is 191 Å². The van der Waals surface area contributed by atoms with Crippen LogP contribution in [0.4, 0.5) is 34.8 Å². The molecule has 1 amide bonds. The van der Waals surface area contributed by atoms with Gasteiger partial charge in [-0.3, -0.25) is 9.78 Å². The molecule has 2 aromatic heterocycles. The van der Waals surface area contributed by atoms with E-state index in [1.165, 1.54) is 0 Å². The number of aromatic nitrogens is 3. The Bertz CT molecular complexity index is 1340. The van der Waals surface area contributed by atoms with Crippen molar-refractivity contribution in [1.29, 1.82) is 0 Å². The summed E-state index contributed by atoms with van der Waals surface area (Å²) in [5.74, 6) is -1.08. The minimum absolute atomic E-state index is 0.303. The highest BCUT2D eigenvalue weighted by molar-refractivity contribution is 6.04. The maximum Gasteiger partial charge on any atom is 0.416 e. The number of anilines is 3. The Hall–Kier alpha value is -4.34. The van der Waals surface area contributed by atoms with E-state index in [0.717, 1.165) is 17.2 Å². The van der Waals surface area contributed by atoms with Crippen LogP contribution in [-0.2, 0) is 6.18 Å². The summed E-state index contributed by atoms with van der Waals surface area (Å²) in [5.41, 5.74) is 0.777. The van der Waals surface area contributed by atoms with E-state index in [0.29, 0.717) is 35.1 Å². The molecular weight excluding hydrogens is 450 g/mol. The molecule has 0 aliphatic carbocycles. The molecule has 0 fully saturated rings. The first-order chi connectivity index (χ1) is 16.2. The number of nitrogens with one attached hydrogen (secondary N) is 2.